The normalized spacial score (nSPS) is 10.6. The van der Waals surface area contributed by atoms with E-state index in [1.807, 2.05) is 0 Å². The Morgan fingerprint density at radius 2 is 2.14 bits per heavy atom. The highest BCUT2D eigenvalue weighted by Crippen LogP contribution is 2.32. The van der Waals surface area contributed by atoms with Gasteiger partial charge in [0.05, 0.1) is 6.20 Å². The minimum absolute atomic E-state index is 0.636. The first-order valence-electron chi connectivity index (χ1n) is 3.34. The molecule has 0 atom stereocenters. The van der Waals surface area contributed by atoms with Crippen LogP contribution in [0.5, 0.6) is 5.75 Å². The highest BCUT2D eigenvalue weighted by Gasteiger charge is 2.24. The number of carboxylic acids is 1. The molecule has 0 saturated carbocycles. The summed E-state index contributed by atoms with van der Waals surface area (Å²) in [6, 6.07) is 0. The molecule has 7 heteroatoms. The summed E-state index contributed by atoms with van der Waals surface area (Å²) in [6.07, 6.45) is -2.38. The Morgan fingerprint density at radius 1 is 1.57 bits per heavy atom. The third-order valence-electron chi connectivity index (χ3n) is 1.45. The lowest BCUT2D eigenvalue weighted by Gasteiger charge is -2.06. The highest BCUT2D eigenvalue weighted by atomic mass is 35.5. The van der Waals surface area contributed by atoms with Gasteiger partial charge in [0, 0.05) is 0 Å². The summed E-state index contributed by atoms with van der Waals surface area (Å²) in [4.78, 5) is 13.6. The fourth-order valence-corrected chi connectivity index (χ4v) is 1.09. The van der Waals surface area contributed by atoms with E-state index < -0.39 is 34.4 Å². The van der Waals surface area contributed by atoms with Crippen molar-refractivity contribution in [1.29, 1.82) is 0 Å². The Balaban J connectivity index is 3.45. The number of carbonyl (C=O) groups is 1. The van der Waals surface area contributed by atoms with Crippen molar-refractivity contribution in [3.63, 3.8) is 0 Å². The summed E-state index contributed by atoms with van der Waals surface area (Å²) in [7, 11) is 0. The molecular formula is C7H4ClF2NO3. The lowest BCUT2D eigenvalue weighted by atomic mass is 10.2. The van der Waals surface area contributed by atoms with Crippen molar-refractivity contribution in [3.8, 4) is 5.75 Å². The maximum absolute atomic E-state index is 12.2. The largest absolute Gasteiger partial charge is 0.505 e. The van der Waals surface area contributed by atoms with Crippen molar-refractivity contribution in [2.24, 2.45) is 0 Å². The van der Waals surface area contributed by atoms with Gasteiger partial charge in [-0.3, -0.25) is 4.98 Å². The van der Waals surface area contributed by atoms with Crippen molar-refractivity contribution < 1.29 is 23.8 Å². The predicted octanol–water partition coefficient (Wildman–Crippen LogP) is 2.08. The van der Waals surface area contributed by atoms with Crippen molar-refractivity contribution in [2.45, 2.75) is 6.43 Å². The summed E-state index contributed by atoms with van der Waals surface area (Å²) >= 11 is 5.33. The molecule has 0 aliphatic rings. The van der Waals surface area contributed by atoms with Crippen LogP contribution in [0.1, 0.15) is 22.5 Å². The number of hydrogen-bond donors (Lipinski definition) is 2. The zero-order chi connectivity index (χ0) is 10.9. The van der Waals surface area contributed by atoms with Crippen LogP contribution in [0.2, 0.25) is 5.02 Å². The van der Waals surface area contributed by atoms with Gasteiger partial charge in [0.1, 0.15) is 16.3 Å². The molecule has 0 bridgehead atoms. The van der Waals surface area contributed by atoms with E-state index in [0.717, 1.165) is 0 Å². The second-order valence-electron chi connectivity index (χ2n) is 2.32. The van der Waals surface area contributed by atoms with Crippen LogP contribution in [0.4, 0.5) is 8.78 Å². The lowest BCUT2D eigenvalue weighted by molar-refractivity contribution is 0.0682. The van der Waals surface area contributed by atoms with Gasteiger partial charge >= 0.3 is 5.97 Å². The molecule has 0 amide bonds. The van der Waals surface area contributed by atoms with Crippen molar-refractivity contribution in [2.75, 3.05) is 0 Å². The SMILES string of the molecule is O=C(O)c1c(C(F)F)ncc(O)c1Cl. The van der Waals surface area contributed by atoms with E-state index in [-0.39, 0.29) is 0 Å². The molecule has 0 aromatic carbocycles. The molecule has 0 radical (unpaired) electrons. The number of pyridine rings is 1. The summed E-state index contributed by atoms with van der Waals surface area (Å²) in [5, 5.41) is 16.9. The van der Waals surface area contributed by atoms with Crippen LogP contribution >= 0.6 is 11.6 Å². The fraction of sp³-hybridized carbons (Fsp3) is 0.143. The van der Waals surface area contributed by atoms with Crippen LogP contribution in [0, 0.1) is 0 Å². The lowest BCUT2D eigenvalue weighted by Crippen LogP contribution is -2.06. The van der Waals surface area contributed by atoms with Crippen LogP contribution < -0.4 is 0 Å². The van der Waals surface area contributed by atoms with E-state index in [9.17, 15) is 13.6 Å². The van der Waals surface area contributed by atoms with Gasteiger partial charge in [0.25, 0.3) is 6.43 Å². The molecule has 0 unspecified atom stereocenters. The number of carboxylic acid groups (broad SMARTS) is 1. The molecule has 0 spiro atoms. The summed E-state index contributed by atoms with van der Waals surface area (Å²) in [5.41, 5.74) is -1.83. The van der Waals surface area contributed by atoms with E-state index in [2.05, 4.69) is 4.98 Å². The Bertz CT molecular complexity index is 383. The molecule has 14 heavy (non-hydrogen) atoms. The standard InChI is InChI=1S/C7H4ClF2NO3/c8-4-2(12)1-11-5(6(9)10)3(4)7(13)14/h1,6,12H,(H,13,14). The second-order valence-corrected chi connectivity index (χ2v) is 2.70. The zero-order valence-corrected chi connectivity index (χ0v) is 7.29. The van der Waals surface area contributed by atoms with Crippen LogP contribution in [0.15, 0.2) is 6.20 Å². The van der Waals surface area contributed by atoms with Crippen LogP contribution in [0.25, 0.3) is 0 Å². The molecule has 0 aliphatic carbocycles. The van der Waals surface area contributed by atoms with Crippen molar-refractivity contribution in [3.05, 3.63) is 22.5 Å². The van der Waals surface area contributed by atoms with Crippen molar-refractivity contribution >= 4 is 17.6 Å². The van der Waals surface area contributed by atoms with Gasteiger partial charge in [-0.1, -0.05) is 11.6 Å². The topological polar surface area (TPSA) is 70.4 Å². The Kier molecular flexibility index (Phi) is 2.85. The van der Waals surface area contributed by atoms with Gasteiger partial charge in [-0.05, 0) is 0 Å². The summed E-state index contributed by atoms with van der Waals surface area (Å²) < 4.78 is 24.5. The number of aromatic nitrogens is 1. The van der Waals surface area contributed by atoms with E-state index in [1.165, 1.54) is 0 Å². The summed E-state index contributed by atoms with van der Waals surface area (Å²) in [5.74, 6) is -2.30. The van der Waals surface area contributed by atoms with E-state index in [1.54, 1.807) is 0 Å². The van der Waals surface area contributed by atoms with Gasteiger partial charge in [0.15, 0.2) is 5.75 Å². The molecule has 0 fully saturated rings. The number of aromatic carboxylic acids is 1. The number of alkyl halides is 2. The number of halogens is 3. The number of rotatable bonds is 2. The summed E-state index contributed by atoms with van der Waals surface area (Å²) in [6.45, 7) is 0. The highest BCUT2D eigenvalue weighted by molar-refractivity contribution is 6.35. The zero-order valence-electron chi connectivity index (χ0n) is 6.54. The quantitative estimate of drug-likeness (QED) is 0.805. The molecule has 1 heterocycles. The molecule has 2 N–H and O–H groups in total. The maximum Gasteiger partial charge on any atom is 0.339 e. The molecule has 0 aliphatic heterocycles. The molecule has 4 nitrogen and oxygen atoms in total. The first kappa shape index (κ1) is 10.6. The van der Waals surface area contributed by atoms with Crippen LogP contribution in [-0.2, 0) is 0 Å². The minimum atomic E-state index is -3.06. The smallest absolute Gasteiger partial charge is 0.339 e. The van der Waals surface area contributed by atoms with Crippen LogP contribution in [-0.4, -0.2) is 21.2 Å². The van der Waals surface area contributed by atoms with Gasteiger partial charge in [-0.25, -0.2) is 13.6 Å². The average molecular weight is 224 g/mol. The Hall–Kier alpha value is -1.43. The molecule has 1 aromatic heterocycles. The minimum Gasteiger partial charge on any atom is -0.505 e. The van der Waals surface area contributed by atoms with Crippen molar-refractivity contribution in [1.82, 2.24) is 4.98 Å². The average Bonchev–Trinajstić information content (AvgIpc) is 2.08. The number of hydrogen-bond acceptors (Lipinski definition) is 3. The van der Waals surface area contributed by atoms with Crippen LogP contribution in [0.3, 0.4) is 0 Å². The predicted molar refractivity (Wildman–Crippen MR) is 42.8 cm³/mol. The third kappa shape index (κ3) is 1.74. The van der Waals surface area contributed by atoms with Gasteiger partial charge in [-0.2, -0.15) is 0 Å². The first-order valence-corrected chi connectivity index (χ1v) is 3.71. The monoisotopic (exact) mass is 223 g/mol. The number of aromatic hydroxyl groups is 1. The second kappa shape index (κ2) is 3.75. The van der Waals surface area contributed by atoms with E-state index in [4.69, 9.17) is 21.8 Å². The maximum atomic E-state index is 12.2. The first-order chi connectivity index (χ1) is 6.45. The van der Waals surface area contributed by atoms with Gasteiger partial charge in [-0.15, -0.1) is 0 Å². The number of nitrogens with zero attached hydrogens (tertiary/aromatic N) is 1. The van der Waals surface area contributed by atoms with Gasteiger partial charge in [0.2, 0.25) is 0 Å². The van der Waals surface area contributed by atoms with E-state index in [0.29, 0.717) is 6.20 Å². The molecule has 0 saturated heterocycles. The van der Waals surface area contributed by atoms with Gasteiger partial charge < -0.3 is 10.2 Å². The molecule has 1 aromatic rings. The fourth-order valence-electron chi connectivity index (χ4n) is 0.861. The third-order valence-corrected chi connectivity index (χ3v) is 1.83. The molecule has 1 rings (SSSR count). The van der Waals surface area contributed by atoms with E-state index >= 15 is 0 Å². The Morgan fingerprint density at radius 3 is 2.57 bits per heavy atom. The molecular weight excluding hydrogens is 220 g/mol. The Labute approximate surface area is 81.8 Å². The molecule has 76 valence electrons.